The molecule has 1 aliphatic heterocycles. The van der Waals surface area contributed by atoms with Crippen molar-refractivity contribution in [3.05, 3.63) is 29.8 Å². The molecule has 1 saturated heterocycles. The van der Waals surface area contributed by atoms with Crippen molar-refractivity contribution >= 4 is 0 Å². The SMILES string of the molecule is CCCNC1CCN(C(C)c2ccc(OC)cc2)CC1. The zero-order valence-corrected chi connectivity index (χ0v) is 13.1. The van der Waals surface area contributed by atoms with Crippen molar-refractivity contribution in [1.29, 1.82) is 0 Å². The molecule has 0 radical (unpaired) electrons. The van der Waals surface area contributed by atoms with Gasteiger partial charge in [-0.05, 0) is 50.4 Å². The summed E-state index contributed by atoms with van der Waals surface area (Å²) in [5.74, 6) is 0.934. The second-order valence-corrected chi connectivity index (χ2v) is 5.71. The zero-order valence-electron chi connectivity index (χ0n) is 13.1. The van der Waals surface area contributed by atoms with E-state index in [4.69, 9.17) is 4.74 Å². The van der Waals surface area contributed by atoms with Gasteiger partial charge in [0.25, 0.3) is 0 Å². The van der Waals surface area contributed by atoms with Gasteiger partial charge in [-0.25, -0.2) is 0 Å². The van der Waals surface area contributed by atoms with Gasteiger partial charge in [-0.3, -0.25) is 4.90 Å². The minimum atomic E-state index is 0.494. The first-order valence-corrected chi connectivity index (χ1v) is 7.86. The number of ether oxygens (including phenoxy) is 1. The van der Waals surface area contributed by atoms with Crippen LogP contribution in [-0.2, 0) is 0 Å². The molecule has 0 aromatic heterocycles. The lowest BCUT2D eigenvalue weighted by atomic mass is 10.00. The molecule has 1 N–H and O–H groups in total. The summed E-state index contributed by atoms with van der Waals surface area (Å²) in [7, 11) is 1.71. The number of rotatable bonds is 6. The lowest BCUT2D eigenvalue weighted by molar-refractivity contribution is 0.152. The molecule has 1 aliphatic rings. The molecule has 20 heavy (non-hydrogen) atoms. The number of nitrogens with zero attached hydrogens (tertiary/aromatic N) is 1. The summed E-state index contributed by atoms with van der Waals surface area (Å²) in [5, 5.41) is 3.64. The maximum Gasteiger partial charge on any atom is 0.118 e. The van der Waals surface area contributed by atoms with Gasteiger partial charge >= 0.3 is 0 Å². The van der Waals surface area contributed by atoms with Gasteiger partial charge in [-0.1, -0.05) is 19.1 Å². The molecular weight excluding hydrogens is 248 g/mol. The Kier molecular flexibility index (Phi) is 5.86. The van der Waals surface area contributed by atoms with Gasteiger partial charge < -0.3 is 10.1 Å². The summed E-state index contributed by atoms with van der Waals surface area (Å²) >= 11 is 0. The third-order valence-corrected chi connectivity index (χ3v) is 4.36. The quantitative estimate of drug-likeness (QED) is 0.863. The van der Waals surface area contributed by atoms with Gasteiger partial charge in [-0.15, -0.1) is 0 Å². The molecule has 0 amide bonds. The van der Waals surface area contributed by atoms with Crippen LogP contribution in [0.1, 0.15) is 44.7 Å². The number of nitrogens with one attached hydrogen (secondary N) is 1. The zero-order chi connectivity index (χ0) is 14.4. The Bertz CT molecular complexity index is 382. The first kappa shape index (κ1) is 15.3. The summed E-state index contributed by atoms with van der Waals surface area (Å²) < 4.78 is 5.22. The average Bonchev–Trinajstić information content (AvgIpc) is 2.53. The Balaban J connectivity index is 1.85. The van der Waals surface area contributed by atoms with Gasteiger partial charge in [-0.2, -0.15) is 0 Å². The molecule has 1 aromatic rings. The second-order valence-electron chi connectivity index (χ2n) is 5.71. The van der Waals surface area contributed by atoms with Crippen LogP contribution in [0.2, 0.25) is 0 Å². The highest BCUT2D eigenvalue weighted by molar-refractivity contribution is 5.28. The molecule has 1 atom stereocenters. The standard InChI is InChI=1S/C17H28N2O/c1-4-11-18-16-9-12-19(13-10-16)14(2)15-5-7-17(20-3)8-6-15/h5-8,14,16,18H,4,9-13H2,1-3H3. The molecule has 0 bridgehead atoms. The molecule has 3 heteroatoms. The lowest BCUT2D eigenvalue weighted by Crippen LogP contribution is -2.43. The highest BCUT2D eigenvalue weighted by atomic mass is 16.5. The van der Waals surface area contributed by atoms with Crippen molar-refractivity contribution in [1.82, 2.24) is 10.2 Å². The number of likely N-dealkylation sites (tertiary alicyclic amines) is 1. The maximum absolute atomic E-state index is 5.22. The predicted molar refractivity (Wildman–Crippen MR) is 84.3 cm³/mol. The van der Waals surface area contributed by atoms with E-state index in [0.717, 1.165) is 12.3 Å². The molecule has 0 spiro atoms. The van der Waals surface area contributed by atoms with Crippen LogP contribution in [0.4, 0.5) is 0 Å². The van der Waals surface area contributed by atoms with Crippen LogP contribution in [0.25, 0.3) is 0 Å². The fraction of sp³-hybridized carbons (Fsp3) is 0.647. The Labute approximate surface area is 123 Å². The fourth-order valence-corrected chi connectivity index (χ4v) is 2.93. The number of benzene rings is 1. The van der Waals surface area contributed by atoms with Crippen LogP contribution in [0, 0.1) is 0 Å². The van der Waals surface area contributed by atoms with Crippen LogP contribution in [0.15, 0.2) is 24.3 Å². The van der Waals surface area contributed by atoms with Gasteiger partial charge in [0, 0.05) is 25.2 Å². The molecular formula is C17H28N2O. The van der Waals surface area contributed by atoms with Crippen LogP contribution in [0.5, 0.6) is 5.75 Å². The summed E-state index contributed by atoms with van der Waals surface area (Å²) in [6, 6.07) is 9.70. The number of hydrogen-bond acceptors (Lipinski definition) is 3. The molecule has 3 nitrogen and oxygen atoms in total. The van der Waals surface area contributed by atoms with E-state index in [-0.39, 0.29) is 0 Å². The number of piperidine rings is 1. The van der Waals surface area contributed by atoms with Crippen molar-refractivity contribution in [3.63, 3.8) is 0 Å². The van der Waals surface area contributed by atoms with Crippen LogP contribution < -0.4 is 10.1 Å². The molecule has 0 saturated carbocycles. The largest absolute Gasteiger partial charge is 0.497 e. The summed E-state index contributed by atoms with van der Waals surface area (Å²) in [6.45, 7) is 8.07. The second kappa shape index (κ2) is 7.65. The van der Waals surface area contributed by atoms with Gasteiger partial charge in [0.05, 0.1) is 7.11 Å². The first-order valence-electron chi connectivity index (χ1n) is 7.86. The van der Waals surface area contributed by atoms with Gasteiger partial charge in [0.2, 0.25) is 0 Å². The minimum Gasteiger partial charge on any atom is -0.497 e. The molecule has 1 fully saturated rings. The molecule has 112 valence electrons. The fourth-order valence-electron chi connectivity index (χ4n) is 2.93. The third-order valence-electron chi connectivity index (χ3n) is 4.36. The van der Waals surface area contributed by atoms with Crippen molar-refractivity contribution in [2.45, 2.75) is 45.2 Å². The van der Waals surface area contributed by atoms with E-state index >= 15 is 0 Å². The van der Waals surface area contributed by atoms with Crippen molar-refractivity contribution in [3.8, 4) is 5.75 Å². The van der Waals surface area contributed by atoms with E-state index in [9.17, 15) is 0 Å². The van der Waals surface area contributed by atoms with E-state index in [1.165, 1.54) is 37.9 Å². The first-order chi connectivity index (χ1) is 9.74. The Morgan fingerprint density at radius 2 is 1.90 bits per heavy atom. The lowest BCUT2D eigenvalue weighted by Gasteiger charge is -2.36. The molecule has 1 heterocycles. The average molecular weight is 276 g/mol. The normalized spacial score (nSPS) is 18.9. The molecule has 1 unspecified atom stereocenters. The minimum absolute atomic E-state index is 0.494. The summed E-state index contributed by atoms with van der Waals surface area (Å²) in [5.41, 5.74) is 1.38. The molecule has 2 rings (SSSR count). The third kappa shape index (κ3) is 3.97. The predicted octanol–water partition coefficient (Wildman–Crippen LogP) is 3.22. The highest BCUT2D eigenvalue weighted by Gasteiger charge is 2.22. The molecule has 1 aromatic carbocycles. The van der Waals surface area contributed by atoms with Crippen molar-refractivity contribution < 1.29 is 4.74 Å². The highest BCUT2D eigenvalue weighted by Crippen LogP contribution is 2.25. The summed E-state index contributed by atoms with van der Waals surface area (Å²) in [6.07, 6.45) is 3.75. The van der Waals surface area contributed by atoms with Crippen molar-refractivity contribution in [2.75, 3.05) is 26.7 Å². The van der Waals surface area contributed by atoms with E-state index in [1.54, 1.807) is 7.11 Å². The van der Waals surface area contributed by atoms with Gasteiger partial charge in [0.1, 0.15) is 5.75 Å². The van der Waals surface area contributed by atoms with Crippen LogP contribution in [0.3, 0.4) is 0 Å². The van der Waals surface area contributed by atoms with E-state index < -0.39 is 0 Å². The topological polar surface area (TPSA) is 24.5 Å². The van der Waals surface area contributed by atoms with E-state index in [2.05, 4.69) is 48.3 Å². The Morgan fingerprint density at radius 3 is 2.45 bits per heavy atom. The monoisotopic (exact) mass is 276 g/mol. The van der Waals surface area contributed by atoms with Gasteiger partial charge in [0.15, 0.2) is 0 Å². The smallest absolute Gasteiger partial charge is 0.118 e. The van der Waals surface area contributed by atoms with Crippen LogP contribution >= 0.6 is 0 Å². The van der Waals surface area contributed by atoms with E-state index in [1.807, 2.05) is 0 Å². The Hall–Kier alpha value is -1.06. The van der Waals surface area contributed by atoms with Crippen LogP contribution in [-0.4, -0.2) is 37.7 Å². The van der Waals surface area contributed by atoms with Crippen molar-refractivity contribution in [2.24, 2.45) is 0 Å². The number of methoxy groups -OCH3 is 1. The summed E-state index contributed by atoms with van der Waals surface area (Å²) in [4.78, 5) is 2.59. The number of hydrogen-bond donors (Lipinski definition) is 1. The Morgan fingerprint density at radius 1 is 1.25 bits per heavy atom. The molecule has 0 aliphatic carbocycles. The van der Waals surface area contributed by atoms with E-state index in [0.29, 0.717) is 12.1 Å². The maximum atomic E-state index is 5.22.